The second kappa shape index (κ2) is 2.27. The van der Waals surface area contributed by atoms with Gasteiger partial charge in [0, 0.05) is 0 Å². The number of aromatic nitrogens is 4. The third-order valence-corrected chi connectivity index (χ3v) is 1.28. The number of nitrogens with zero attached hydrogens (tertiary/aromatic N) is 3. The Morgan fingerprint density at radius 1 is 1.82 bits per heavy atom. The molecule has 7 heteroatoms. The lowest BCUT2D eigenvalue weighted by molar-refractivity contribution is -0.143. The van der Waals surface area contributed by atoms with Gasteiger partial charge in [-0.1, -0.05) is 0 Å². The van der Waals surface area contributed by atoms with Gasteiger partial charge in [0.15, 0.2) is 11.4 Å². The summed E-state index contributed by atoms with van der Waals surface area (Å²) in [6, 6.07) is 0. The predicted molar refractivity (Wildman–Crippen MR) is 33.4 cm³/mol. The van der Waals surface area contributed by atoms with Crippen LogP contribution in [0, 0.1) is 0 Å². The minimum atomic E-state index is -1.55. The maximum Gasteiger partial charge on any atom is 0.331 e. The summed E-state index contributed by atoms with van der Waals surface area (Å²) >= 11 is 0. The van der Waals surface area contributed by atoms with E-state index in [0.717, 1.165) is 0 Å². The Labute approximate surface area is 61.6 Å². The molecule has 0 aromatic carbocycles. The highest BCUT2D eigenvalue weighted by Gasteiger charge is 2.33. The minimum Gasteiger partial charge on any atom is -0.480 e. The first-order chi connectivity index (χ1) is 5.05. The summed E-state index contributed by atoms with van der Waals surface area (Å²) in [5.74, 6) is -1.15. The molecule has 0 saturated heterocycles. The first-order valence-corrected chi connectivity index (χ1v) is 2.81. The highest BCUT2D eigenvalue weighted by atomic mass is 16.4. The Bertz CT molecular complexity index is 253. The van der Waals surface area contributed by atoms with Gasteiger partial charge >= 0.3 is 5.97 Å². The van der Waals surface area contributed by atoms with Crippen LogP contribution in [0.15, 0.2) is 0 Å². The third-order valence-electron chi connectivity index (χ3n) is 1.28. The molecule has 7 nitrogen and oxygen atoms in total. The number of H-pyrrole nitrogens is 1. The molecular weight excluding hydrogens is 150 g/mol. The molecule has 0 unspecified atom stereocenters. The van der Waals surface area contributed by atoms with E-state index in [2.05, 4.69) is 20.6 Å². The highest BCUT2D eigenvalue weighted by molar-refractivity contribution is 5.78. The van der Waals surface area contributed by atoms with Crippen LogP contribution >= 0.6 is 0 Å². The van der Waals surface area contributed by atoms with E-state index >= 15 is 0 Å². The van der Waals surface area contributed by atoms with E-state index in [1.54, 1.807) is 0 Å². The molecule has 1 atom stereocenters. The van der Waals surface area contributed by atoms with E-state index in [1.807, 2.05) is 0 Å². The number of nitrogens with one attached hydrogen (secondary N) is 1. The van der Waals surface area contributed by atoms with E-state index < -0.39 is 11.5 Å². The van der Waals surface area contributed by atoms with Gasteiger partial charge in [0.2, 0.25) is 0 Å². The van der Waals surface area contributed by atoms with E-state index in [4.69, 9.17) is 10.8 Å². The van der Waals surface area contributed by atoms with Crippen LogP contribution in [-0.2, 0) is 10.3 Å². The van der Waals surface area contributed by atoms with Gasteiger partial charge in [0.1, 0.15) is 0 Å². The fourth-order valence-electron chi connectivity index (χ4n) is 0.480. The van der Waals surface area contributed by atoms with Gasteiger partial charge in [-0.3, -0.25) is 0 Å². The molecule has 1 rings (SSSR count). The van der Waals surface area contributed by atoms with Crippen molar-refractivity contribution in [2.75, 3.05) is 0 Å². The average molecular weight is 157 g/mol. The van der Waals surface area contributed by atoms with Gasteiger partial charge < -0.3 is 10.8 Å². The van der Waals surface area contributed by atoms with Gasteiger partial charge in [-0.05, 0) is 17.4 Å². The maximum atomic E-state index is 10.5. The van der Waals surface area contributed by atoms with Crippen molar-refractivity contribution in [2.24, 2.45) is 5.73 Å². The number of carboxylic acid groups (broad SMARTS) is 1. The summed E-state index contributed by atoms with van der Waals surface area (Å²) in [5, 5.41) is 20.7. The van der Waals surface area contributed by atoms with Crippen LogP contribution < -0.4 is 5.73 Å². The Hall–Kier alpha value is -1.50. The molecule has 4 N–H and O–H groups in total. The molecule has 1 aromatic rings. The fraction of sp³-hybridized carbons (Fsp3) is 0.500. The topological polar surface area (TPSA) is 118 Å². The first-order valence-electron chi connectivity index (χ1n) is 2.81. The lowest BCUT2D eigenvalue weighted by atomic mass is 10.0. The van der Waals surface area contributed by atoms with Gasteiger partial charge in [0.25, 0.3) is 0 Å². The van der Waals surface area contributed by atoms with Gasteiger partial charge in [-0.2, -0.15) is 0 Å². The zero-order chi connectivity index (χ0) is 8.48. The molecule has 0 fully saturated rings. The molecule has 0 amide bonds. The molecule has 1 aromatic heterocycles. The monoisotopic (exact) mass is 157 g/mol. The van der Waals surface area contributed by atoms with Crippen LogP contribution in [0.4, 0.5) is 0 Å². The molecule has 0 bridgehead atoms. The first kappa shape index (κ1) is 7.61. The normalized spacial score (nSPS) is 15.8. The molecule has 11 heavy (non-hydrogen) atoms. The van der Waals surface area contributed by atoms with Crippen LogP contribution in [0.2, 0.25) is 0 Å². The lowest BCUT2D eigenvalue weighted by Crippen LogP contribution is -2.42. The third kappa shape index (κ3) is 1.17. The summed E-state index contributed by atoms with van der Waals surface area (Å²) < 4.78 is 0. The summed E-state index contributed by atoms with van der Waals surface area (Å²) in [6.45, 7) is 1.30. The number of aliphatic carboxylic acids is 1. The number of carbonyl (C=O) groups is 1. The largest absolute Gasteiger partial charge is 0.480 e. The highest BCUT2D eigenvalue weighted by Crippen LogP contribution is 2.10. The van der Waals surface area contributed by atoms with Crippen molar-refractivity contribution in [2.45, 2.75) is 12.5 Å². The molecule has 0 aliphatic heterocycles. The SMILES string of the molecule is C[C@](N)(C(=O)O)c1nnn[nH]1. The molecule has 0 aliphatic carbocycles. The van der Waals surface area contributed by atoms with Crippen molar-refractivity contribution in [3.63, 3.8) is 0 Å². The summed E-state index contributed by atoms with van der Waals surface area (Å²) in [4.78, 5) is 10.5. The van der Waals surface area contributed by atoms with E-state index in [9.17, 15) is 4.79 Å². The Morgan fingerprint density at radius 2 is 2.45 bits per heavy atom. The van der Waals surface area contributed by atoms with E-state index in [0.29, 0.717) is 0 Å². The standard InChI is InChI=1S/C4H7N5O2/c1-4(5,3(10)11)2-6-8-9-7-2/h5H2,1H3,(H,10,11)(H,6,7,8,9)/t4-/m1/s1. The second-order valence-corrected chi connectivity index (χ2v) is 2.26. The van der Waals surface area contributed by atoms with Crippen molar-refractivity contribution >= 4 is 5.97 Å². The molecule has 1 heterocycles. The molecule has 0 saturated carbocycles. The van der Waals surface area contributed by atoms with Gasteiger partial charge in [-0.25, -0.2) is 9.89 Å². The number of hydrogen-bond acceptors (Lipinski definition) is 5. The maximum absolute atomic E-state index is 10.5. The van der Waals surface area contributed by atoms with Gasteiger partial charge in [-0.15, -0.1) is 5.10 Å². The van der Waals surface area contributed by atoms with Gasteiger partial charge in [0.05, 0.1) is 0 Å². The second-order valence-electron chi connectivity index (χ2n) is 2.26. The quantitative estimate of drug-likeness (QED) is 0.478. The van der Waals surface area contributed by atoms with Crippen LogP contribution in [0.3, 0.4) is 0 Å². The van der Waals surface area contributed by atoms with Crippen LogP contribution in [0.1, 0.15) is 12.7 Å². The Kier molecular flexibility index (Phi) is 1.57. The zero-order valence-electron chi connectivity index (χ0n) is 5.77. The molecule has 0 radical (unpaired) electrons. The van der Waals surface area contributed by atoms with Crippen LogP contribution in [0.5, 0.6) is 0 Å². The Balaban J connectivity index is 3.00. The minimum absolute atomic E-state index is 0.0324. The molecular formula is C4H7N5O2. The fourth-order valence-corrected chi connectivity index (χ4v) is 0.480. The number of aromatic amines is 1. The molecule has 0 spiro atoms. The smallest absolute Gasteiger partial charge is 0.331 e. The van der Waals surface area contributed by atoms with E-state index in [-0.39, 0.29) is 5.82 Å². The summed E-state index contributed by atoms with van der Waals surface area (Å²) in [7, 11) is 0. The number of carboxylic acids is 1. The van der Waals surface area contributed by atoms with Crippen molar-refractivity contribution < 1.29 is 9.90 Å². The average Bonchev–Trinajstić information content (AvgIpc) is 2.37. The molecule has 60 valence electrons. The van der Waals surface area contributed by atoms with Crippen molar-refractivity contribution in [3.8, 4) is 0 Å². The van der Waals surface area contributed by atoms with Crippen molar-refractivity contribution in [1.29, 1.82) is 0 Å². The van der Waals surface area contributed by atoms with E-state index in [1.165, 1.54) is 6.92 Å². The van der Waals surface area contributed by atoms with Crippen molar-refractivity contribution in [1.82, 2.24) is 20.6 Å². The number of rotatable bonds is 2. The zero-order valence-corrected chi connectivity index (χ0v) is 5.77. The number of nitrogens with two attached hydrogens (primary N) is 1. The van der Waals surface area contributed by atoms with Crippen molar-refractivity contribution in [3.05, 3.63) is 5.82 Å². The lowest BCUT2D eigenvalue weighted by Gasteiger charge is -2.13. The van der Waals surface area contributed by atoms with Crippen LogP contribution in [-0.4, -0.2) is 31.7 Å². The summed E-state index contributed by atoms with van der Waals surface area (Å²) in [6.07, 6.45) is 0. The Morgan fingerprint density at radius 3 is 2.82 bits per heavy atom. The number of hydrogen-bond donors (Lipinski definition) is 3. The van der Waals surface area contributed by atoms with Crippen LogP contribution in [0.25, 0.3) is 0 Å². The summed E-state index contributed by atoms with van der Waals surface area (Å²) in [5.41, 5.74) is 3.80. The predicted octanol–water partition coefficient (Wildman–Crippen LogP) is -1.54. The molecule has 0 aliphatic rings. The number of tetrazole rings is 1.